The first kappa shape index (κ1) is 13.6. The average Bonchev–Trinajstić information content (AvgIpc) is 2.24. The first-order valence-corrected chi connectivity index (χ1v) is 5.81. The second kappa shape index (κ2) is 5.71. The van der Waals surface area contributed by atoms with Gasteiger partial charge in [-0.3, -0.25) is 4.79 Å². The van der Waals surface area contributed by atoms with Gasteiger partial charge in [-0.1, -0.05) is 6.07 Å². The van der Waals surface area contributed by atoms with Crippen molar-refractivity contribution in [2.45, 2.75) is 27.2 Å². The molecule has 17 heavy (non-hydrogen) atoms. The van der Waals surface area contributed by atoms with E-state index in [0.717, 1.165) is 17.0 Å². The van der Waals surface area contributed by atoms with E-state index in [0.29, 0.717) is 13.0 Å². The van der Waals surface area contributed by atoms with Crippen molar-refractivity contribution in [1.82, 2.24) is 0 Å². The van der Waals surface area contributed by atoms with Gasteiger partial charge >= 0.3 is 0 Å². The molecule has 94 valence electrons. The summed E-state index contributed by atoms with van der Waals surface area (Å²) in [4.78, 5) is 13.1. The Bertz CT molecular complexity index is 413. The van der Waals surface area contributed by atoms with Gasteiger partial charge in [0.1, 0.15) is 11.5 Å². The molecule has 0 radical (unpaired) electrons. The summed E-state index contributed by atoms with van der Waals surface area (Å²) in [7, 11) is 3.67. The monoisotopic (exact) mass is 235 g/mol. The number of hydrogen-bond acceptors (Lipinski definition) is 3. The number of rotatable bonds is 5. The van der Waals surface area contributed by atoms with Crippen molar-refractivity contribution in [3.63, 3.8) is 0 Å². The van der Waals surface area contributed by atoms with Gasteiger partial charge in [0.15, 0.2) is 0 Å². The fourth-order valence-corrected chi connectivity index (χ4v) is 1.93. The van der Waals surface area contributed by atoms with Crippen LogP contribution in [0.5, 0.6) is 5.75 Å². The van der Waals surface area contributed by atoms with Crippen molar-refractivity contribution in [2.75, 3.05) is 25.6 Å². The third kappa shape index (κ3) is 3.48. The summed E-state index contributed by atoms with van der Waals surface area (Å²) in [5, 5.41) is 0. The maximum absolute atomic E-state index is 11.0. The lowest BCUT2D eigenvalue weighted by Gasteiger charge is -2.23. The molecule has 1 aromatic carbocycles. The number of ketones is 1. The zero-order valence-corrected chi connectivity index (χ0v) is 11.3. The molecule has 1 rings (SSSR count). The largest absolute Gasteiger partial charge is 0.494 e. The fraction of sp³-hybridized carbons (Fsp3) is 0.500. The highest BCUT2D eigenvalue weighted by Crippen LogP contribution is 2.32. The van der Waals surface area contributed by atoms with E-state index in [2.05, 4.69) is 24.0 Å². The molecule has 0 N–H and O–H groups in total. The molecule has 0 amide bonds. The summed E-state index contributed by atoms with van der Waals surface area (Å²) >= 11 is 0. The van der Waals surface area contributed by atoms with E-state index < -0.39 is 0 Å². The van der Waals surface area contributed by atoms with E-state index in [9.17, 15) is 4.79 Å². The Balaban J connectivity index is 2.98. The molecule has 0 aliphatic rings. The number of nitrogens with zero attached hydrogens (tertiary/aromatic N) is 1. The van der Waals surface area contributed by atoms with Gasteiger partial charge in [0, 0.05) is 20.0 Å². The Morgan fingerprint density at radius 3 is 2.53 bits per heavy atom. The summed E-state index contributed by atoms with van der Waals surface area (Å²) < 4.78 is 5.43. The molecule has 3 heteroatoms. The Morgan fingerprint density at radius 1 is 1.35 bits per heavy atom. The highest BCUT2D eigenvalue weighted by Gasteiger charge is 2.11. The maximum atomic E-state index is 11.0. The zero-order chi connectivity index (χ0) is 13.0. The van der Waals surface area contributed by atoms with E-state index in [4.69, 9.17) is 4.74 Å². The highest BCUT2D eigenvalue weighted by molar-refractivity contribution is 5.76. The molecule has 0 aliphatic carbocycles. The number of methoxy groups -OCH3 is 1. The lowest BCUT2D eigenvalue weighted by Crippen LogP contribution is -2.21. The molecule has 3 nitrogen and oxygen atoms in total. The van der Waals surface area contributed by atoms with Crippen LogP contribution in [-0.4, -0.2) is 26.5 Å². The summed E-state index contributed by atoms with van der Waals surface area (Å²) in [6.45, 7) is 6.43. The number of carbonyl (C=O) groups is 1. The van der Waals surface area contributed by atoms with Gasteiger partial charge < -0.3 is 9.64 Å². The van der Waals surface area contributed by atoms with Gasteiger partial charge in [-0.15, -0.1) is 0 Å². The minimum atomic E-state index is 0.209. The van der Waals surface area contributed by atoms with E-state index in [1.54, 1.807) is 14.0 Å². The molecular formula is C14H21NO2. The van der Waals surface area contributed by atoms with Crippen LogP contribution in [0, 0.1) is 13.8 Å². The third-order valence-electron chi connectivity index (χ3n) is 2.81. The topological polar surface area (TPSA) is 29.5 Å². The standard InChI is InChI=1S/C14H21NO2/c1-10-8-11(2)14(17-5)13(9-10)15(4)7-6-12(3)16/h8-9H,6-7H2,1-5H3. The maximum Gasteiger partial charge on any atom is 0.145 e. The van der Waals surface area contributed by atoms with E-state index in [-0.39, 0.29) is 5.78 Å². The summed E-state index contributed by atoms with van der Waals surface area (Å²) in [5.41, 5.74) is 3.37. The van der Waals surface area contributed by atoms with Crippen molar-refractivity contribution in [1.29, 1.82) is 0 Å². The minimum absolute atomic E-state index is 0.209. The summed E-state index contributed by atoms with van der Waals surface area (Å²) in [6, 6.07) is 4.19. The molecule has 1 aromatic rings. The third-order valence-corrected chi connectivity index (χ3v) is 2.81. The molecule has 0 spiro atoms. The number of hydrogen-bond donors (Lipinski definition) is 0. The normalized spacial score (nSPS) is 10.2. The van der Waals surface area contributed by atoms with Crippen molar-refractivity contribution < 1.29 is 9.53 Å². The first-order chi connectivity index (χ1) is 7.95. The van der Waals surface area contributed by atoms with E-state index >= 15 is 0 Å². The quantitative estimate of drug-likeness (QED) is 0.786. The predicted molar refractivity (Wildman–Crippen MR) is 71.0 cm³/mol. The SMILES string of the molecule is COc1c(C)cc(C)cc1N(C)CCC(C)=O. The van der Waals surface area contributed by atoms with E-state index in [1.807, 2.05) is 14.0 Å². The van der Waals surface area contributed by atoms with Crippen molar-refractivity contribution >= 4 is 11.5 Å². The molecule has 0 unspecified atom stereocenters. The number of aryl methyl sites for hydroxylation is 2. The summed E-state index contributed by atoms with van der Waals surface area (Å²) in [6.07, 6.45) is 0.562. The Labute approximate surface area is 103 Å². The molecule has 0 aliphatic heterocycles. The number of Topliss-reactive ketones (excluding diaryl/α,β-unsaturated/α-hetero) is 1. The van der Waals surface area contributed by atoms with Gasteiger partial charge in [0.25, 0.3) is 0 Å². The second-order valence-electron chi connectivity index (χ2n) is 4.51. The predicted octanol–water partition coefficient (Wildman–Crippen LogP) is 2.73. The van der Waals surface area contributed by atoms with E-state index in [1.165, 1.54) is 5.56 Å². The molecular weight excluding hydrogens is 214 g/mol. The Kier molecular flexibility index (Phi) is 4.55. The van der Waals surface area contributed by atoms with Crippen LogP contribution in [0.4, 0.5) is 5.69 Å². The van der Waals surface area contributed by atoms with Crippen LogP contribution in [0.15, 0.2) is 12.1 Å². The molecule has 0 heterocycles. The zero-order valence-electron chi connectivity index (χ0n) is 11.3. The van der Waals surface area contributed by atoms with Crippen molar-refractivity contribution in [2.24, 2.45) is 0 Å². The molecule has 0 aromatic heterocycles. The smallest absolute Gasteiger partial charge is 0.145 e. The number of ether oxygens (including phenoxy) is 1. The van der Waals surface area contributed by atoms with Gasteiger partial charge in [-0.25, -0.2) is 0 Å². The molecule has 0 saturated carbocycles. The lowest BCUT2D eigenvalue weighted by molar-refractivity contribution is -0.116. The van der Waals surface area contributed by atoms with Crippen molar-refractivity contribution in [3.8, 4) is 5.75 Å². The molecule has 0 atom stereocenters. The molecule has 0 bridgehead atoms. The van der Waals surface area contributed by atoms with Crippen LogP contribution >= 0.6 is 0 Å². The van der Waals surface area contributed by atoms with Crippen LogP contribution < -0.4 is 9.64 Å². The Morgan fingerprint density at radius 2 is 2.00 bits per heavy atom. The van der Waals surface area contributed by atoms with Crippen LogP contribution in [0.1, 0.15) is 24.5 Å². The van der Waals surface area contributed by atoms with Crippen LogP contribution in [-0.2, 0) is 4.79 Å². The Hall–Kier alpha value is -1.51. The molecule has 0 saturated heterocycles. The van der Waals surface area contributed by atoms with Gasteiger partial charge in [-0.2, -0.15) is 0 Å². The van der Waals surface area contributed by atoms with Crippen LogP contribution in [0.2, 0.25) is 0 Å². The molecule has 0 fully saturated rings. The van der Waals surface area contributed by atoms with Gasteiger partial charge in [-0.05, 0) is 38.0 Å². The summed E-state index contributed by atoms with van der Waals surface area (Å²) in [5.74, 6) is 1.10. The van der Waals surface area contributed by atoms with Gasteiger partial charge in [0.05, 0.1) is 12.8 Å². The lowest BCUT2D eigenvalue weighted by atomic mass is 10.1. The number of carbonyl (C=O) groups excluding carboxylic acids is 1. The second-order valence-corrected chi connectivity index (χ2v) is 4.51. The van der Waals surface area contributed by atoms with Crippen LogP contribution in [0.3, 0.4) is 0 Å². The highest BCUT2D eigenvalue weighted by atomic mass is 16.5. The average molecular weight is 235 g/mol. The van der Waals surface area contributed by atoms with Crippen molar-refractivity contribution in [3.05, 3.63) is 23.3 Å². The van der Waals surface area contributed by atoms with Crippen LogP contribution in [0.25, 0.3) is 0 Å². The fourth-order valence-electron chi connectivity index (χ4n) is 1.93. The number of benzene rings is 1. The van der Waals surface area contributed by atoms with Gasteiger partial charge in [0.2, 0.25) is 0 Å². The first-order valence-electron chi connectivity index (χ1n) is 5.81. The number of anilines is 1. The minimum Gasteiger partial charge on any atom is -0.494 e.